The minimum Gasteiger partial charge on any atom is -0.352 e. The van der Waals surface area contributed by atoms with E-state index in [0.717, 1.165) is 18.4 Å². The molecule has 0 radical (unpaired) electrons. The maximum atomic E-state index is 12.1. The number of amides is 3. The van der Waals surface area contributed by atoms with E-state index in [1.54, 1.807) is 25.1 Å². The molecule has 1 aromatic carbocycles. The topological polar surface area (TPSA) is 87.3 Å². The van der Waals surface area contributed by atoms with Gasteiger partial charge in [0, 0.05) is 17.3 Å². The zero-order valence-electron chi connectivity index (χ0n) is 11.7. The lowest BCUT2D eigenvalue weighted by Crippen LogP contribution is -2.45. The normalized spacial score (nSPS) is 17.7. The Labute approximate surface area is 122 Å². The average molecular weight is 287 g/mol. The number of anilines is 1. The quantitative estimate of drug-likeness (QED) is 0.757. The Hall–Kier alpha value is -2.37. The number of nitrogens with one attached hydrogen (secondary N) is 3. The zero-order chi connectivity index (χ0) is 15.0. The molecule has 2 aliphatic rings. The molecule has 0 spiro atoms. The van der Waals surface area contributed by atoms with Crippen molar-refractivity contribution in [2.75, 3.05) is 5.32 Å². The molecule has 1 fully saturated rings. The Morgan fingerprint density at radius 1 is 1.33 bits per heavy atom. The number of hydrogen-bond donors (Lipinski definition) is 3. The third-order valence-electron chi connectivity index (χ3n) is 3.66. The van der Waals surface area contributed by atoms with E-state index in [2.05, 4.69) is 16.0 Å². The number of carbonyl (C=O) groups excluding carboxylic acids is 3. The van der Waals surface area contributed by atoms with Crippen LogP contribution >= 0.6 is 0 Å². The molecule has 1 unspecified atom stereocenters. The van der Waals surface area contributed by atoms with Crippen LogP contribution in [-0.4, -0.2) is 29.8 Å². The monoisotopic (exact) mass is 287 g/mol. The number of benzene rings is 1. The number of hydrogen-bond acceptors (Lipinski definition) is 3. The van der Waals surface area contributed by atoms with Gasteiger partial charge in [0.1, 0.15) is 6.04 Å². The van der Waals surface area contributed by atoms with Crippen molar-refractivity contribution in [1.82, 2.24) is 10.6 Å². The van der Waals surface area contributed by atoms with Crippen LogP contribution in [0.25, 0.3) is 0 Å². The second-order valence-electron chi connectivity index (χ2n) is 5.57. The van der Waals surface area contributed by atoms with Crippen molar-refractivity contribution in [2.45, 2.75) is 38.3 Å². The van der Waals surface area contributed by atoms with Crippen LogP contribution in [0.3, 0.4) is 0 Å². The first-order chi connectivity index (χ1) is 10.0. The largest absolute Gasteiger partial charge is 0.352 e. The molecule has 1 saturated carbocycles. The summed E-state index contributed by atoms with van der Waals surface area (Å²) < 4.78 is 0. The number of fused-ring (bicyclic) bond motifs is 1. The molecular weight excluding hydrogens is 270 g/mol. The Morgan fingerprint density at radius 2 is 2.10 bits per heavy atom. The van der Waals surface area contributed by atoms with Gasteiger partial charge in [0.05, 0.1) is 6.42 Å². The first kappa shape index (κ1) is 13.6. The average Bonchev–Trinajstić information content (AvgIpc) is 3.16. The maximum Gasteiger partial charge on any atom is 0.251 e. The number of rotatable bonds is 4. The Kier molecular flexibility index (Phi) is 3.37. The van der Waals surface area contributed by atoms with E-state index >= 15 is 0 Å². The van der Waals surface area contributed by atoms with Crippen molar-refractivity contribution in [3.8, 4) is 0 Å². The van der Waals surface area contributed by atoms with Crippen LogP contribution in [0, 0.1) is 0 Å². The van der Waals surface area contributed by atoms with Gasteiger partial charge in [-0.1, -0.05) is 6.07 Å². The minimum atomic E-state index is -0.582. The first-order valence-corrected chi connectivity index (χ1v) is 7.07. The van der Waals surface area contributed by atoms with Gasteiger partial charge in [0.25, 0.3) is 5.91 Å². The van der Waals surface area contributed by atoms with Crippen LogP contribution in [0.15, 0.2) is 18.2 Å². The summed E-state index contributed by atoms with van der Waals surface area (Å²) in [6.45, 7) is 1.66. The van der Waals surface area contributed by atoms with Crippen molar-refractivity contribution in [3.05, 3.63) is 29.3 Å². The van der Waals surface area contributed by atoms with E-state index in [9.17, 15) is 14.4 Å². The molecule has 1 aliphatic carbocycles. The van der Waals surface area contributed by atoms with Crippen LogP contribution in [0.5, 0.6) is 0 Å². The molecule has 1 aromatic rings. The van der Waals surface area contributed by atoms with Gasteiger partial charge in [-0.15, -0.1) is 0 Å². The summed E-state index contributed by atoms with van der Waals surface area (Å²) in [5.74, 6) is -0.558. The van der Waals surface area contributed by atoms with Gasteiger partial charge in [-0.2, -0.15) is 0 Å². The predicted octanol–water partition coefficient (Wildman–Crippen LogP) is 0.578. The first-order valence-electron chi connectivity index (χ1n) is 7.07. The van der Waals surface area contributed by atoms with Gasteiger partial charge in [-0.05, 0) is 37.5 Å². The maximum absolute atomic E-state index is 12.1. The lowest BCUT2D eigenvalue weighted by molar-refractivity contribution is -0.122. The molecule has 110 valence electrons. The fourth-order valence-electron chi connectivity index (χ4n) is 2.25. The van der Waals surface area contributed by atoms with Crippen LogP contribution in [0.2, 0.25) is 0 Å². The Bertz CT molecular complexity index is 623. The fourth-order valence-corrected chi connectivity index (χ4v) is 2.25. The van der Waals surface area contributed by atoms with Crippen LogP contribution in [0.4, 0.5) is 5.69 Å². The molecule has 0 saturated heterocycles. The van der Waals surface area contributed by atoms with E-state index in [4.69, 9.17) is 0 Å². The molecular formula is C15H17N3O3. The van der Waals surface area contributed by atoms with Gasteiger partial charge in [0.2, 0.25) is 11.8 Å². The van der Waals surface area contributed by atoms with Gasteiger partial charge >= 0.3 is 0 Å². The SMILES string of the molecule is CC(NC(=O)c1ccc2c(c1)NC(=O)C2)C(=O)NC1CC1. The lowest BCUT2D eigenvalue weighted by atomic mass is 10.1. The molecule has 21 heavy (non-hydrogen) atoms. The third kappa shape index (κ3) is 3.04. The van der Waals surface area contributed by atoms with Gasteiger partial charge < -0.3 is 16.0 Å². The second-order valence-corrected chi connectivity index (χ2v) is 5.57. The fraction of sp³-hybridized carbons (Fsp3) is 0.400. The molecule has 3 amide bonds. The summed E-state index contributed by atoms with van der Waals surface area (Å²) in [5.41, 5.74) is 1.99. The van der Waals surface area contributed by atoms with Crippen molar-refractivity contribution in [1.29, 1.82) is 0 Å². The van der Waals surface area contributed by atoms with E-state index in [-0.39, 0.29) is 23.8 Å². The summed E-state index contributed by atoms with van der Waals surface area (Å²) in [4.78, 5) is 35.2. The highest BCUT2D eigenvalue weighted by Gasteiger charge is 2.26. The summed E-state index contributed by atoms with van der Waals surface area (Å²) in [7, 11) is 0. The highest BCUT2D eigenvalue weighted by atomic mass is 16.2. The molecule has 3 N–H and O–H groups in total. The Morgan fingerprint density at radius 3 is 2.81 bits per heavy atom. The van der Waals surface area contributed by atoms with Crippen LogP contribution in [0.1, 0.15) is 35.7 Å². The molecule has 1 heterocycles. The summed E-state index contributed by atoms with van der Waals surface area (Å²) in [6.07, 6.45) is 2.37. The smallest absolute Gasteiger partial charge is 0.251 e. The van der Waals surface area contributed by atoms with Crippen LogP contribution in [-0.2, 0) is 16.0 Å². The molecule has 3 rings (SSSR count). The third-order valence-corrected chi connectivity index (χ3v) is 3.66. The van der Waals surface area contributed by atoms with Crippen molar-refractivity contribution in [2.24, 2.45) is 0 Å². The molecule has 1 atom stereocenters. The van der Waals surface area contributed by atoms with E-state index in [1.165, 1.54) is 0 Å². The zero-order valence-corrected chi connectivity index (χ0v) is 11.7. The molecule has 6 nitrogen and oxygen atoms in total. The van der Waals surface area contributed by atoms with E-state index < -0.39 is 6.04 Å². The molecule has 0 bridgehead atoms. The second kappa shape index (κ2) is 5.20. The van der Waals surface area contributed by atoms with Crippen molar-refractivity contribution < 1.29 is 14.4 Å². The molecule has 1 aliphatic heterocycles. The highest BCUT2D eigenvalue weighted by molar-refractivity contribution is 6.03. The van der Waals surface area contributed by atoms with Gasteiger partial charge in [-0.3, -0.25) is 14.4 Å². The van der Waals surface area contributed by atoms with Crippen molar-refractivity contribution in [3.63, 3.8) is 0 Å². The number of carbonyl (C=O) groups is 3. The van der Waals surface area contributed by atoms with E-state index in [0.29, 0.717) is 17.7 Å². The highest BCUT2D eigenvalue weighted by Crippen LogP contribution is 2.24. The molecule has 0 aromatic heterocycles. The van der Waals surface area contributed by atoms with Crippen molar-refractivity contribution >= 4 is 23.4 Å². The van der Waals surface area contributed by atoms with E-state index in [1.807, 2.05) is 0 Å². The van der Waals surface area contributed by atoms with Crippen LogP contribution < -0.4 is 16.0 Å². The van der Waals surface area contributed by atoms with Gasteiger partial charge in [0.15, 0.2) is 0 Å². The molecule has 6 heteroatoms. The summed E-state index contributed by atoms with van der Waals surface area (Å²) >= 11 is 0. The minimum absolute atomic E-state index is 0.0697. The summed E-state index contributed by atoms with van der Waals surface area (Å²) in [6, 6.07) is 4.76. The Balaban J connectivity index is 1.63. The standard InChI is InChI=1S/C15H17N3O3/c1-8(14(20)17-11-4-5-11)16-15(21)10-3-2-9-7-13(19)18-12(9)6-10/h2-3,6,8,11H,4-5,7H2,1H3,(H,16,21)(H,17,20)(H,18,19). The summed E-state index contributed by atoms with van der Waals surface area (Å²) in [5, 5.41) is 8.22. The predicted molar refractivity (Wildman–Crippen MR) is 76.9 cm³/mol. The lowest BCUT2D eigenvalue weighted by Gasteiger charge is -2.14. The van der Waals surface area contributed by atoms with Gasteiger partial charge in [-0.25, -0.2) is 0 Å².